The van der Waals surface area contributed by atoms with E-state index >= 15 is 0 Å². The fraction of sp³-hybridized carbons (Fsp3) is 0.422. The molecule has 0 radical (unpaired) electrons. The summed E-state index contributed by atoms with van der Waals surface area (Å²) >= 11 is 0. The van der Waals surface area contributed by atoms with Gasteiger partial charge in [-0.15, -0.1) is 12.1 Å². The van der Waals surface area contributed by atoms with Crippen molar-refractivity contribution in [2.24, 2.45) is 0 Å². The minimum Gasteiger partial charge on any atom is -0.493 e. The van der Waals surface area contributed by atoms with Crippen molar-refractivity contribution in [3.8, 4) is 28.7 Å². The molecule has 4 aliphatic rings. The molecule has 824 valence electrons. The first-order chi connectivity index (χ1) is 69.5. The Morgan fingerprint density at radius 2 is 0.571 bits per heavy atom. The predicted molar refractivity (Wildman–Crippen MR) is 621 cm³/mol. The summed E-state index contributed by atoms with van der Waals surface area (Å²) in [6.07, 6.45) is 10.8. The molecular formula is C128H190N8O9Yb2. The number of rotatable bonds is 26. The maximum Gasteiger partial charge on any atom is 2.00 e. The number of hydrogen-bond donors (Lipinski definition) is 0. The van der Waals surface area contributed by atoms with E-state index in [9.17, 15) is 19.2 Å². The molecule has 4 saturated heterocycles. The number of aromatic nitrogens is 4. The molecule has 0 unspecified atom stereocenters. The van der Waals surface area contributed by atoms with Crippen molar-refractivity contribution in [2.75, 3.05) is 59.0 Å². The molecule has 4 amide bonds. The number of pyridine rings is 4. The van der Waals surface area contributed by atoms with Gasteiger partial charge in [-0.2, -0.15) is 24.3 Å². The maximum atomic E-state index is 13.0. The van der Waals surface area contributed by atoms with E-state index in [-0.39, 0.29) is 160 Å². The van der Waals surface area contributed by atoms with Crippen LogP contribution in [0, 0.1) is 155 Å². The minimum atomic E-state index is -0.0747. The number of ether oxygens (including phenoxy) is 5. The molecule has 19 heteroatoms. The molecule has 0 spiro atoms. The fourth-order valence-electron chi connectivity index (χ4n) is 15.8. The summed E-state index contributed by atoms with van der Waals surface area (Å²) in [7, 11) is 0. The predicted octanol–water partition coefficient (Wildman–Crippen LogP) is 32.7. The maximum absolute atomic E-state index is 13.0. The summed E-state index contributed by atoms with van der Waals surface area (Å²) < 4.78 is 29.7. The van der Waals surface area contributed by atoms with E-state index in [0.717, 1.165) is 93.2 Å². The number of likely N-dealkylation sites (tertiary alicyclic amines) is 4. The van der Waals surface area contributed by atoms with Gasteiger partial charge in [0.25, 0.3) is 11.8 Å². The van der Waals surface area contributed by atoms with Crippen molar-refractivity contribution in [3.63, 3.8) is 0 Å². The molecule has 4 aliphatic heterocycles. The molecule has 0 atom stereocenters. The Labute approximate surface area is 975 Å². The van der Waals surface area contributed by atoms with Crippen LogP contribution in [-0.2, 0) is 54.5 Å². The van der Waals surface area contributed by atoms with E-state index in [0.29, 0.717) is 114 Å². The molecule has 4 aromatic heterocycles. The van der Waals surface area contributed by atoms with Crippen LogP contribution in [0.25, 0.3) is 0 Å². The Hall–Kier alpha value is -9.72. The van der Waals surface area contributed by atoms with Crippen LogP contribution in [0.4, 0.5) is 0 Å². The summed E-state index contributed by atoms with van der Waals surface area (Å²) in [5, 5.41) is 0. The first-order valence-electron chi connectivity index (χ1n) is 52.9. The van der Waals surface area contributed by atoms with Crippen molar-refractivity contribution in [1.29, 1.82) is 0 Å². The first kappa shape index (κ1) is 141. The monoisotopic (exact) mass is 2340 g/mol. The molecule has 0 bridgehead atoms. The van der Waals surface area contributed by atoms with Gasteiger partial charge in [0.1, 0.15) is 66.6 Å². The third kappa shape index (κ3) is 44.0. The molecule has 0 saturated carbocycles. The Kier molecular flexibility index (Phi) is 75.5. The number of amides is 4. The van der Waals surface area contributed by atoms with Gasteiger partial charge in [-0.1, -0.05) is 382 Å². The van der Waals surface area contributed by atoms with Crippen molar-refractivity contribution in [1.82, 2.24) is 39.5 Å². The molecule has 0 aliphatic carbocycles. The number of unbranched alkanes of at least 4 members (excludes halogenated alkanes) is 1. The van der Waals surface area contributed by atoms with E-state index < -0.39 is 0 Å². The average molecular weight is 2340 g/mol. The van der Waals surface area contributed by atoms with Gasteiger partial charge in [0.15, 0.2) is 0 Å². The Morgan fingerprint density at radius 1 is 0.306 bits per heavy atom. The molecule has 0 N–H and O–H groups in total. The molecule has 8 heterocycles. The number of benzene rings is 8. The molecule has 12 aromatic rings. The Bertz CT molecular complexity index is 5350. The first-order valence-corrected chi connectivity index (χ1v) is 52.9. The number of carbonyl (C=O) groups excluding carboxylic acids is 4. The molecule has 17 nitrogen and oxygen atoms in total. The van der Waals surface area contributed by atoms with Gasteiger partial charge in [-0.25, -0.2) is 0 Å². The smallest absolute Gasteiger partial charge is 0.493 e. The number of hydrogen-bond acceptors (Lipinski definition) is 13. The van der Waals surface area contributed by atoms with Gasteiger partial charge < -0.3 is 68.1 Å². The van der Waals surface area contributed by atoms with Crippen LogP contribution in [-0.4, -0.2) is 122 Å². The van der Waals surface area contributed by atoms with Crippen LogP contribution in [0.3, 0.4) is 0 Å². The summed E-state index contributed by atoms with van der Waals surface area (Å²) in [5.74, 6) is 4.19. The zero-order chi connectivity index (χ0) is 107. The van der Waals surface area contributed by atoms with E-state index in [1.54, 1.807) is 61.2 Å². The van der Waals surface area contributed by atoms with Crippen molar-refractivity contribution < 1.29 is 142 Å². The Morgan fingerprint density at radius 3 is 0.837 bits per heavy atom. The molecule has 16 rings (SSSR count). The third-order valence-electron chi connectivity index (χ3n) is 23.1. The zero-order valence-corrected chi connectivity index (χ0v) is 99.6. The van der Waals surface area contributed by atoms with Crippen molar-refractivity contribution in [3.05, 3.63) is 389 Å². The van der Waals surface area contributed by atoms with Gasteiger partial charge in [0, 0.05) is 110 Å². The van der Waals surface area contributed by atoms with E-state index in [2.05, 4.69) is 223 Å². The third-order valence-corrected chi connectivity index (χ3v) is 23.1. The SMILES string of the molecule is CC.CC.CC.CC.CC.CC.CC.CC.CC.CC.CC.CCCCc1ccnc(C(=O)N2CC(C)(c3ccc(OCc4ccccc4)c(C)c3)C2)c1.CCCOc1ccnc(C(=O)N2CC(C)(c3ccc(OCc4ccccc4)c(C)c3)C2)c1.Cc1cc(C2(C)CN(C(=O)c3c[c-]ccn3)C2)ccc1OCc1ccccc1.Cc1ccc(COc2ccc(C3(C)CN(C(=O)c4c[c-]ccn4)C3)cc2C)cc1.[3HH].[3HH].[3HH].[3HH].[CH3-].[CH3-].[Yb+2].[Yb+2]. The largest absolute Gasteiger partial charge is 2.00 e. The standard InChI is InChI=1S/C28H32N2O2.C27H30N2O3.C25H25N2O2.C24H23N2O2.11C2H6.2CH3.2Yb.4H2/c1-4-5-9-22-14-15-29-25(17-22)27(31)30-19-28(3,20-30)24-12-13-26(21(2)16-24)32-18-23-10-7-6-8-11-23;1-4-14-31-23-12-13-28-24(16-23)26(30)29-18-27(3,19-29)22-10-11-25(20(2)15-22)32-17-21-8-6-5-7-9-21;1-18-7-9-20(10-8-18)15-29-23-12-11-21(14-19(23)2)25(3)16-27(17-25)24(28)22-6-4-5-13-26-22;1-18-14-20(11-12-22(18)28-15-19-8-4-3-5-9-19)24(2)16-26(17-24)23(27)21-10-6-7-13-25-21;11*1-2;;;;;;;;/h6-8,10-17H,4-5,9,18-20H2,1-3H3;5-13,15-16H,4,14,17-19H2,1-3H3;5-14H,15-17H2,1-3H3;3-5,7-14H,15-17H2,1-2H3;11*1-2H3;2*1H3;;;4*1H/q;;2*-1;;;;;;;;;;;;2*-1;2*+2;;;;/i;;;;;;;;;;;;;;;;;;;4*1+2. The van der Waals surface area contributed by atoms with Gasteiger partial charge in [-0.05, 0) is 169 Å². The van der Waals surface area contributed by atoms with Gasteiger partial charge in [0.05, 0.1) is 6.61 Å². The second-order valence-corrected chi connectivity index (χ2v) is 33.6. The summed E-state index contributed by atoms with van der Waals surface area (Å²) in [5.41, 5.74) is 18.1. The average Bonchev–Trinajstić information content (AvgIpc) is 0.765. The van der Waals surface area contributed by atoms with E-state index in [4.69, 9.17) is 23.7 Å². The normalized spacial score (nSPS) is 12.6. The number of nitrogens with zero attached hydrogens (tertiary/aromatic N) is 8. The molecule has 4 fully saturated rings. The van der Waals surface area contributed by atoms with E-state index in [1.165, 1.54) is 33.4 Å². The zero-order valence-electron chi connectivity index (χ0n) is 96.1. The van der Waals surface area contributed by atoms with Crippen LogP contribution < -0.4 is 23.7 Å². The topological polar surface area (TPSA) is 179 Å². The number of aryl methyl sites for hydroxylation is 6. The summed E-state index contributed by atoms with van der Waals surface area (Å²) in [6.45, 7) is 75.8. The van der Waals surface area contributed by atoms with Gasteiger partial charge >= 0.3 is 93.8 Å². The van der Waals surface area contributed by atoms with Crippen LogP contribution in [0.1, 0.15) is 339 Å². The quantitative estimate of drug-likeness (QED) is 0.0468. The fourth-order valence-corrected chi connectivity index (χ4v) is 15.8. The summed E-state index contributed by atoms with van der Waals surface area (Å²) in [4.78, 5) is 75.2. The van der Waals surface area contributed by atoms with Crippen LogP contribution in [0.5, 0.6) is 28.7 Å². The second-order valence-electron chi connectivity index (χ2n) is 33.6. The minimum absolute atomic E-state index is 0. The Balaban J connectivity index is -0.000000339. The molecule has 147 heavy (non-hydrogen) atoms. The number of carbonyl (C=O) groups is 4. The molecular weight excluding hydrogens is 2140 g/mol. The summed E-state index contributed by atoms with van der Waals surface area (Å²) in [6, 6.07) is 84.3. The van der Waals surface area contributed by atoms with Crippen molar-refractivity contribution in [2.45, 2.75) is 302 Å². The van der Waals surface area contributed by atoms with Crippen LogP contribution in [0.15, 0.2) is 261 Å². The molecule has 8 aromatic carbocycles. The van der Waals surface area contributed by atoms with Crippen LogP contribution in [0.2, 0.25) is 0 Å². The second kappa shape index (κ2) is 78.5. The van der Waals surface area contributed by atoms with Gasteiger partial charge in [-0.3, -0.25) is 29.1 Å². The van der Waals surface area contributed by atoms with Crippen LogP contribution >= 0.6 is 0 Å². The van der Waals surface area contributed by atoms with E-state index in [1.807, 2.05) is 257 Å². The van der Waals surface area contributed by atoms with Gasteiger partial charge in [0.2, 0.25) is 11.8 Å². The van der Waals surface area contributed by atoms with Crippen molar-refractivity contribution >= 4 is 23.6 Å².